The molecule has 0 radical (unpaired) electrons. The molecule has 0 saturated heterocycles. The second-order valence-electron chi connectivity index (χ2n) is 7.67. The van der Waals surface area contributed by atoms with Crippen LogP contribution in [0, 0.1) is 16.2 Å². The molecule has 0 amide bonds. The second kappa shape index (κ2) is 4.69. The molecule has 2 saturated carbocycles. The Morgan fingerprint density at radius 1 is 1.13 bits per heavy atom. The first-order valence-corrected chi connectivity index (χ1v) is 10.4. The summed E-state index contributed by atoms with van der Waals surface area (Å²) in [4.78, 5) is 27.1. The monoisotopic (exact) mass is 440 g/mol. The van der Waals surface area contributed by atoms with Crippen LogP contribution in [0.4, 0.5) is 0 Å². The van der Waals surface area contributed by atoms with Crippen LogP contribution in [-0.4, -0.2) is 15.9 Å². The van der Waals surface area contributed by atoms with Crippen molar-refractivity contribution in [3.05, 3.63) is 22.2 Å². The molecule has 0 unspecified atom stereocenters. The van der Waals surface area contributed by atoms with E-state index in [0.29, 0.717) is 0 Å². The topological polar surface area (TPSA) is 34.1 Å². The maximum absolute atomic E-state index is 13.6. The maximum atomic E-state index is 13.6. The number of Topliss-reactive ketones (excluding diaryl/α,β-unsaturated/α-hetero) is 2. The fourth-order valence-corrected chi connectivity index (χ4v) is 8.83. The molecule has 0 heterocycles. The lowest BCUT2D eigenvalue weighted by Gasteiger charge is -2.47. The number of hydrogen-bond donors (Lipinski definition) is 0. The summed E-state index contributed by atoms with van der Waals surface area (Å²) in [6.07, 6.45) is 10.4. The molecular formula is C19H22Br2O2. The minimum absolute atomic E-state index is 0.241. The van der Waals surface area contributed by atoms with Crippen LogP contribution in [0.2, 0.25) is 0 Å². The summed E-state index contributed by atoms with van der Waals surface area (Å²) in [6.45, 7) is 4.24. The van der Waals surface area contributed by atoms with E-state index in [0.717, 1.165) is 55.0 Å². The lowest BCUT2D eigenvalue weighted by molar-refractivity contribution is -0.135. The SMILES string of the molecule is CCCC1=C[C@]2(Br)[C@]3(CCC[C@@]34C(=O)[C@]2(CCC)C=C4Br)C1=O. The Hall–Kier alpha value is -0.220. The van der Waals surface area contributed by atoms with Crippen molar-refractivity contribution < 1.29 is 9.59 Å². The molecule has 4 aliphatic rings. The Morgan fingerprint density at radius 2 is 1.87 bits per heavy atom. The van der Waals surface area contributed by atoms with Gasteiger partial charge in [-0.05, 0) is 31.3 Å². The van der Waals surface area contributed by atoms with Crippen molar-refractivity contribution in [1.29, 1.82) is 0 Å². The van der Waals surface area contributed by atoms with Crippen LogP contribution in [0.15, 0.2) is 22.2 Å². The molecule has 0 aliphatic heterocycles. The molecule has 23 heavy (non-hydrogen) atoms. The number of alkyl halides is 1. The van der Waals surface area contributed by atoms with E-state index in [1.54, 1.807) is 0 Å². The van der Waals surface area contributed by atoms with Crippen molar-refractivity contribution in [3.8, 4) is 0 Å². The number of carbonyl (C=O) groups is 2. The largest absolute Gasteiger partial charge is 0.298 e. The van der Waals surface area contributed by atoms with Crippen LogP contribution in [0.25, 0.3) is 0 Å². The van der Waals surface area contributed by atoms with Gasteiger partial charge in [0.25, 0.3) is 0 Å². The zero-order valence-corrected chi connectivity index (χ0v) is 16.8. The molecule has 0 N–H and O–H groups in total. The molecule has 4 heteroatoms. The summed E-state index contributed by atoms with van der Waals surface area (Å²) < 4.78 is 0.464. The van der Waals surface area contributed by atoms with Crippen molar-refractivity contribution in [2.24, 2.45) is 16.2 Å². The lowest BCUT2D eigenvalue weighted by atomic mass is 9.60. The normalized spacial score (nSPS) is 47.0. The summed E-state index contributed by atoms with van der Waals surface area (Å²) in [5, 5.41) is 0. The molecule has 4 aliphatic carbocycles. The molecule has 0 aromatic carbocycles. The van der Waals surface area contributed by atoms with Crippen LogP contribution < -0.4 is 0 Å². The second-order valence-corrected chi connectivity index (χ2v) is 9.77. The molecule has 0 aromatic heterocycles. The Bertz CT molecular complexity index is 693. The predicted molar refractivity (Wildman–Crippen MR) is 97.7 cm³/mol. The lowest BCUT2D eigenvalue weighted by Crippen LogP contribution is -2.53. The summed E-state index contributed by atoms with van der Waals surface area (Å²) in [6, 6.07) is 0. The van der Waals surface area contributed by atoms with E-state index >= 15 is 0 Å². The molecule has 4 rings (SSSR count). The Balaban J connectivity index is 2.03. The standard InChI is InChI=1S/C19H22Br2O2/c1-3-6-12-10-19(21)16(7-4-2)11-13(20)17(15(16)23)8-5-9-18(17,19)14(12)22/h10-11H,3-9H2,1-2H3/t16-,17+,18+,19+/m0/s1. The fraction of sp³-hybridized carbons (Fsp3) is 0.684. The zero-order chi connectivity index (χ0) is 16.7. The molecule has 124 valence electrons. The summed E-state index contributed by atoms with van der Waals surface area (Å²) in [7, 11) is 0. The third kappa shape index (κ3) is 1.34. The van der Waals surface area contributed by atoms with Gasteiger partial charge in [-0.3, -0.25) is 9.59 Å². The quantitative estimate of drug-likeness (QED) is 0.558. The maximum Gasteiger partial charge on any atom is 0.167 e. The van der Waals surface area contributed by atoms with Crippen molar-refractivity contribution in [3.63, 3.8) is 0 Å². The van der Waals surface area contributed by atoms with Crippen LogP contribution >= 0.6 is 31.9 Å². The number of carbonyl (C=O) groups excluding carboxylic acids is 2. The zero-order valence-electron chi connectivity index (χ0n) is 13.7. The van der Waals surface area contributed by atoms with Crippen LogP contribution in [0.5, 0.6) is 0 Å². The molecule has 0 aromatic rings. The minimum atomic E-state index is -0.616. The third-order valence-corrected chi connectivity index (χ3v) is 9.41. The van der Waals surface area contributed by atoms with Gasteiger partial charge in [0.15, 0.2) is 11.6 Å². The highest BCUT2D eigenvalue weighted by Crippen LogP contribution is 2.84. The fourth-order valence-electron chi connectivity index (χ4n) is 6.24. The number of fused-ring (bicyclic) bond motifs is 2. The molecule has 2 fully saturated rings. The highest BCUT2D eigenvalue weighted by atomic mass is 79.9. The molecule has 2 spiro atoms. The van der Waals surface area contributed by atoms with Crippen molar-refractivity contribution in [1.82, 2.24) is 0 Å². The van der Waals surface area contributed by atoms with E-state index in [9.17, 15) is 9.59 Å². The first kappa shape index (κ1) is 16.3. The first-order chi connectivity index (χ1) is 10.9. The van der Waals surface area contributed by atoms with Crippen molar-refractivity contribution in [2.45, 2.75) is 63.1 Å². The average molecular weight is 442 g/mol. The number of hydrogen-bond acceptors (Lipinski definition) is 2. The van der Waals surface area contributed by atoms with Crippen LogP contribution in [0.3, 0.4) is 0 Å². The van der Waals surface area contributed by atoms with Crippen molar-refractivity contribution in [2.75, 3.05) is 0 Å². The Kier molecular flexibility index (Phi) is 3.32. The van der Waals surface area contributed by atoms with E-state index in [1.807, 2.05) is 0 Å². The van der Waals surface area contributed by atoms with Gasteiger partial charge < -0.3 is 0 Å². The van der Waals surface area contributed by atoms with Gasteiger partial charge in [0.2, 0.25) is 0 Å². The summed E-state index contributed by atoms with van der Waals surface area (Å²) in [5.41, 5.74) is -0.829. The number of rotatable bonds is 4. The van der Waals surface area contributed by atoms with E-state index in [1.165, 1.54) is 0 Å². The van der Waals surface area contributed by atoms with Gasteiger partial charge >= 0.3 is 0 Å². The Morgan fingerprint density at radius 3 is 2.52 bits per heavy atom. The van der Waals surface area contributed by atoms with Gasteiger partial charge in [-0.15, -0.1) is 0 Å². The number of allylic oxidation sites excluding steroid dienone is 4. The summed E-state index contributed by atoms with van der Waals surface area (Å²) in [5.74, 6) is 0.526. The van der Waals surface area contributed by atoms with Crippen molar-refractivity contribution >= 4 is 43.4 Å². The smallest absolute Gasteiger partial charge is 0.167 e. The van der Waals surface area contributed by atoms with Crippen LogP contribution in [-0.2, 0) is 9.59 Å². The molecular weight excluding hydrogens is 420 g/mol. The van der Waals surface area contributed by atoms with Gasteiger partial charge in [0, 0.05) is 4.48 Å². The average Bonchev–Trinajstić information content (AvgIpc) is 3.12. The van der Waals surface area contributed by atoms with E-state index < -0.39 is 20.6 Å². The van der Waals surface area contributed by atoms with Gasteiger partial charge in [0.05, 0.1) is 20.6 Å². The van der Waals surface area contributed by atoms with Gasteiger partial charge in [-0.25, -0.2) is 0 Å². The Labute approximate surface area is 154 Å². The first-order valence-electron chi connectivity index (χ1n) is 8.77. The van der Waals surface area contributed by atoms with Gasteiger partial charge in [-0.2, -0.15) is 0 Å². The van der Waals surface area contributed by atoms with E-state index in [2.05, 4.69) is 57.9 Å². The number of ketones is 2. The highest BCUT2D eigenvalue weighted by Gasteiger charge is 2.88. The number of halogens is 2. The van der Waals surface area contributed by atoms with Gasteiger partial charge in [0.1, 0.15) is 0 Å². The predicted octanol–water partition coefficient (Wildman–Crippen LogP) is 5.25. The highest BCUT2D eigenvalue weighted by molar-refractivity contribution is 9.11. The van der Waals surface area contributed by atoms with Gasteiger partial charge in [-0.1, -0.05) is 77.1 Å². The summed E-state index contributed by atoms with van der Waals surface area (Å²) >= 11 is 7.74. The van der Waals surface area contributed by atoms with Crippen LogP contribution in [0.1, 0.15) is 58.8 Å². The van der Waals surface area contributed by atoms with E-state index in [-0.39, 0.29) is 11.6 Å². The molecule has 2 nitrogen and oxygen atoms in total. The minimum Gasteiger partial charge on any atom is -0.298 e. The van der Waals surface area contributed by atoms with E-state index in [4.69, 9.17) is 0 Å². The molecule has 2 bridgehead atoms. The third-order valence-electron chi connectivity index (χ3n) is 6.89. The molecule has 4 atom stereocenters.